The largest absolute Gasteiger partial charge is 0.376 e. The lowest BCUT2D eigenvalue weighted by Gasteiger charge is -2.47. The molecule has 3 aliphatic heterocycles. The number of halogens is 1. The fourth-order valence-electron chi connectivity index (χ4n) is 4.72. The molecule has 0 aromatic rings. The number of hydrogen-bond acceptors (Lipinski definition) is 5. The van der Waals surface area contributed by atoms with Crippen molar-refractivity contribution in [1.82, 2.24) is 4.90 Å². The molecule has 3 heterocycles. The Balaban J connectivity index is 1.71. The molecule has 0 radical (unpaired) electrons. The second-order valence-electron chi connectivity index (χ2n) is 8.35. The lowest BCUT2D eigenvalue weighted by Crippen LogP contribution is -2.55. The van der Waals surface area contributed by atoms with Gasteiger partial charge in [0.1, 0.15) is 0 Å². The minimum absolute atomic E-state index is 0.0300. The number of nitrogens with zero attached hydrogens (tertiary/aromatic N) is 2. The van der Waals surface area contributed by atoms with E-state index < -0.39 is 5.54 Å². The Kier molecular flexibility index (Phi) is 4.32. The van der Waals surface area contributed by atoms with Crippen LogP contribution in [0, 0.1) is 5.92 Å². The number of carbonyl (C=O) groups is 1. The predicted octanol–water partition coefficient (Wildman–Crippen LogP) is 2.48. The van der Waals surface area contributed by atoms with Crippen LogP contribution in [0.4, 0.5) is 0 Å². The maximum absolute atomic E-state index is 13.2. The Morgan fingerprint density at radius 2 is 2.15 bits per heavy atom. The zero-order valence-electron chi connectivity index (χ0n) is 15.5. The maximum Gasteiger partial charge on any atom is 0.261 e. The van der Waals surface area contributed by atoms with Crippen LogP contribution in [0.1, 0.15) is 39.5 Å². The SMILES string of the molecule is CN1C(=O)C2(CC(C3CCOC(C)(C)C3)OC3CC=C(Br)C=C32)N=C1N. The van der Waals surface area contributed by atoms with Crippen LogP contribution in [0.5, 0.6) is 0 Å². The summed E-state index contributed by atoms with van der Waals surface area (Å²) in [4.78, 5) is 19.3. The van der Waals surface area contributed by atoms with Crippen molar-refractivity contribution in [2.24, 2.45) is 16.6 Å². The van der Waals surface area contributed by atoms with Crippen LogP contribution in [0.15, 0.2) is 27.2 Å². The molecule has 4 rings (SSSR count). The normalized spacial score (nSPS) is 39.4. The van der Waals surface area contributed by atoms with E-state index in [1.165, 1.54) is 4.90 Å². The molecule has 1 amide bonds. The van der Waals surface area contributed by atoms with Crippen molar-refractivity contribution in [3.05, 3.63) is 22.2 Å². The van der Waals surface area contributed by atoms with E-state index in [0.717, 1.165) is 35.9 Å². The number of likely N-dealkylation sites (N-methyl/N-ethyl adjacent to an activating group) is 1. The van der Waals surface area contributed by atoms with Crippen LogP contribution >= 0.6 is 15.9 Å². The van der Waals surface area contributed by atoms with Gasteiger partial charge in [-0.1, -0.05) is 22.0 Å². The van der Waals surface area contributed by atoms with E-state index in [1.54, 1.807) is 7.05 Å². The molecule has 4 unspecified atom stereocenters. The first kappa shape index (κ1) is 18.2. The molecule has 2 fully saturated rings. The molecule has 0 saturated carbocycles. The third kappa shape index (κ3) is 2.84. The number of rotatable bonds is 1. The maximum atomic E-state index is 13.2. The van der Waals surface area contributed by atoms with Gasteiger partial charge in [0.25, 0.3) is 5.91 Å². The van der Waals surface area contributed by atoms with Crippen molar-refractivity contribution < 1.29 is 14.3 Å². The Hall–Kier alpha value is -1.18. The summed E-state index contributed by atoms with van der Waals surface area (Å²) in [5, 5.41) is 0. The zero-order valence-corrected chi connectivity index (χ0v) is 17.1. The van der Waals surface area contributed by atoms with Gasteiger partial charge in [0.2, 0.25) is 0 Å². The van der Waals surface area contributed by atoms with Crippen LogP contribution in [0.3, 0.4) is 0 Å². The van der Waals surface area contributed by atoms with Gasteiger partial charge in [0.05, 0.1) is 17.8 Å². The number of hydrogen-bond donors (Lipinski definition) is 1. The summed E-state index contributed by atoms with van der Waals surface area (Å²) in [5.41, 5.74) is 5.87. The first-order valence-electron chi connectivity index (χ1n) is 9.22. The number of ether oxygens (including phenoxy) is 2. The average molecular weight is 424 g/mol. The molecule has 1 spiro atoms. The van der Waals surface area contributed by atoms with Crippen LogP contribution in [0.2, 0.25) is 0 Å². The highest BCUT2D eigenvalue weighted by atomic mass is 79.9. The molecule has 6 nitrogen and oxygen atoms in total. The Morgan fingerprint density at radius 1 is 1.38 bits per heavy atom. The van der Waals surface area contributed by atoms with E-state index in [0.29, 0.717) is 12.3 Å². The van der Waals surface area contributed by atoms with Crippen LogP contribution in [-0.2, 0) is 14.3 Å². The minimum atomic E-state index is -0.928. The molecule has 26 heavy (non-hydrogen) atoms. The van der Waals surface area contributed by atoms with Gasteiger partial charge >= 0.3 is 0 Å². The molecule has 4 atom stereocenters. The highest BCUT2D eigenvalue weighted by Crippen LogP contribution is 2.48. The number of fused-ring (bicyclic) bond motifs is 2. The van der Waals surface area contributed by atoms with Crippen molar-refractivity contribution in [1.29, 1.82) is 0 Å². The van der Waals surface area contributed by atoms with Crippen LogP contribution < -0.4 is 5.73 Å². The van der Waals surface area contributed by atoms with E-state index in [4.69, 9.17) is 15.2 Å². The highest BCUT2D eigenvalue weighted by Gasteiger charge is 2.57. The third-order valence-electron chi connectivity index (χ3n) is 6.05. The van der Waals surface area contributed by atoms with Crippen molar-refractivity contribution in [2.75, 3.05) is 13.7 Å². The van der Waals surface area contributed by atoms with Gasteiger partial charge in [0.15, 0.2) is 11.5 Å². The van der Waals surface area contributed by atoms with Crippen LogP contribution in [-0.4, -0.2) is 53.8 Å². The molecular formula is C19H26BrN3O3. The Labute approximate surface area is 162 Å². The average Bonchev–Trinajstić information content (AvgIpc) is 2.79. The summed E-state index contributed by atoms with van der Waals surface area (Å²) in [7, 11) is 1.70. The van der Waals surface area contributed by atoms with E-state index in [-0.39, 0.29) is 29.7 Å². The fraction of sp³-hybridized carbons (Fsp3) is 0.684. The monoisotopic (exact) mass is 423 g/mol. The van der Waals surface area contributed by atoms with E-state index in [2.05, 4.69) is 40.8 Å². The molecule has 142 valence electrons. The lowest BCUT2D eigenvalue weighted by molar-refractivity contribution is -0.146. The standard InChI is InChI=1S/C19H26BrN3O3/c1-18(2)9-11(6-7-25-18)15-10-19(16(24)23(3)17(21)22-19)13-8-12(20)4-5-14(13)26-15/h4,8,11,14-15H,5-7,9-10H2,1-3H3,(H2,21,22). The number of guanidine groups is 1. The molecule has 7 heteroatoms. The topological polar surface area (TPSA) is 77.2 Å². The van der Waals surface area contributed by atoms with Gasteiger partial charge in [0, 0.05) is 24.6 Å². The van der Waals surface area contributed by atoms with E-state index in [1.807, 2.05) is 6.08 Å². The molecule has 0 aromatic heterocycles. The number of allylic oxidation sites excluding steroid dienone is 2. The molecular weight excluding hydrogens is 398 g/mol. The summed E-state index contributed by atoms with van der Waals surface area (Å²) < 4.78 is 13.3. The molecule has 2 N–H and O–H groups in total. The van der Waals surface area contributed by atoms with Crippen molar-refractivity contribution in [3.8, 4) is 0 Å². The van der Waals surface area contributed by atoms with Crippen molar-refractivity contribution in [2.45, 2.75) is 62.9 Å². The summed E-state index contributed by atoms with van der Waals surface area (Å²) >= 11 is 3.55. The number of carbonyl (C=O) groups excluding carboxylic acids is 1. The second-order valence-corrected chi connectivity index (χ2v) is 9.26. The summed E-state index contributed by atoms with van der Waals surface area (Å²) in [5.74, 6) is 0.586. The number of aliphatic imine (C=N–C) groups is 1. The smallest absolute Gasteiger partial charge is 0.261 e. The van der Waals surface area contributed by atoms with E-state index >= 15 is 0 Å². The first-order valence-corrected chi connectivity index (χ1v) is 10.0. The summed E-state index contributed by atoms with van der Waals surface area (Å²) in [6.45, 7) is 4.96. The Morgan fingerprint density at radius 3 is 2.81 bits per heavy atom. The van der Waals surface area contributed by atoms with Gasteiger partial charge in [-0.15, -0.1) is 0 Å². The molecule has 4 aliphatic rings. The Bertz CT molecular complexity index is 730. The third-order valence-corrected chi connectivity index (χ3v) is 6.60. The first-order chi connectivity index (χ1) is 12.2. The van der Waals surface area contributed by atoms with Gasteiger partial charge in [-0.3, -0.25) is 9.69 Å². The highest BCUT2D eigenvalue weighted by molar-refractivity contribution is 9.11. The number of nitrogens with two attached hydrogens (primary N) is 1. The van der Waals surface area contributed by atoms with E-state index in [9.17, 15) is 4.79 Å². The predicted molar refractivity (Wildman–Crippen MR) is 103 cm³/mol. The van der Waals surface area contributed by atoms with Gasteiger partial charge in [-0.2, -0.15) is 0 Å². The molecule has 0 bridgehead atoms. The molecule has 0 aromatic carbocycles. The van der Waals surface area contributed by atoms with Crippen molar-refractivity contribution in [3.63, 3.8) is 0 Å². The van der Waals surface area contributed by atoms with Crippen molar-refractivity contribution >= 4 is 27.8 Å². The zero-order chi connectivity index (χ0) is 18.7. The summed E-state index contributed by atoms with van der Waals surface area (Å²) in [6, 6.07) is 0. The molecule has 2 saturated heterocycles. The molecule has 1 aliphatic carbocycles. The van der Waals surface area contributed by atoms with Gasteiger partial charge < -0.3 is 15.2 Å². The second kappa shape index (κ2) is 6.17. The van der Waals surface area contributed by atoms with Gasteiger partial charge in [-0.05, 0) is 50.7 Å². The van der Waals surface area contributed by atoms with Crippen LogP contribution in [0.25, 0.3) is 0 Å². The quantitative estimate of drug-likeness (QED) is 0.702. The minimum Gasteiger partial charge on any atom is -0.376 e. The lowest BCUT2D eigenvalue weighted by atomic mass is 9.72. The van der Waals surface area contributed by atoms with Gasteiger partial charge in [-0.25, -0.2) is 4.99 Å². The fourth-order valence-corrected chi connectivity index (χ4v) is 5.16. The number of amides is 1. The summed E-state index contributed by atoms with van der Waals surface area (Å²) in [6.07, 6.45) is 7.07.